The number of nitriles is 1. The predicted molar refractivity (Wildman–Crippen MR) is 91.5 cm³/mol. The zero-order chi connectivity index (χ0) is 16.9. The summed E-state index contributed by atoms with van der Waals surface area (Å²) in [4.78, 5) is 0. The van der Waals surface area contributed by atoms with Gasteiger partial charge in [0.25, 0.3) is 0 Å². The third-order valence-corrected chi connectivity index (χ3v) is 4.55. The third kappa shape index (κ3) is 4.72. The van der Waals surface area contributed by atoms with Crippen molar-refractivity contribution < 1.29 is 9.47 Å². The third-order valence-electron chi connectivity index (χ3n) is 4.05. The van der Waals surface area contributed by atoms with Crippen molar-refractivity contribution in [1.29, 1.82) is 5.26 Å². The molecule has 0 aromatic carbocycles. The summed E-state index contributed by atoms with van der Waals surface area (Å²) in [6.45, 7) is 10.8. The van der Waals surface area contributed by atoms with Crippen LogP contribution in [0.5, 0.6) is 0 Å². The Morgan fingerprint density at radius 2 is 2.30 bits per heavy atom. The highest BCUT2D eigenvalue weighted by molar-refractivity contribution is 8.03. The minimum Gasteiger partial charge on any atom is -0.379 e. The number of aromatic nitrogens is 2. The second-order valence-corrected chi connectivity index (χ2v) is 7.75. The van der Waals surface area contributed by atoms with Crippen molar-refractivity contribution in [2.75, 3.05) is 19.8 Å². The van der Waals surface area contributed by atoms with Crippen LogP contribution in [0.25, 0.3) is 0 Å². The molecule has 0 bridgehead atoms. The molecule has 2 atom stereocenters. The minimum absolute atomic E-state index is 0.0303. The van der Waals surface area contributed by atoms with E-state index in [0.717, 1.165) is 55.0 Å². The van der Waals surface area contributed by atoms with E-state index in [4.69, 9.17) is 14.7 Å². The maximum Gasteiger partial charge on any atom is 0.140 e. The average Bonchev–Trinajstić information content (AvgIpc) is 3.09. The van der Waals surface area contributed by atoms with Crippen LogP contribution in [-0.4, -0.2) is 35.7 Å². The fourth-order valence-corrected chi connectivity index (χ4v) is 3.20. The van der Waals surface area contributed by atoms with Crippen LogP contribution in [-0.2, 0) is 14.9 Å². The highest BCUT2D eigenvalue weighted by atomic mass is 32.2. The topological polar surface area (TPSA) is 60.1 Å². The molecule has 2 heterocycles. The largest absolute Gasteiger partial charge is 0.379 e. The van der Waals surface area contributed by atoms with Gasteiger partial charge in [0.05, 0.1) is 12.6 Å². The Labute approximate surface area is 143 Å². The molecule has 1 aliphatic rings. The first kappa shape index (κ1) is 18.3. The molecule has 0 radical (unpaired) electrons. The van der Waals surface area contributed by atoms with Gasteiger partial charge in [0.2, 0.25) is 0 Å². The van der Waals surface area contributed by atoms with E-state index in [1.54, 1.807) is 0 Å². The number of hydrogen-bond donors (Lipinski definition) is 0. The summed E-state index contributed by atoms with van der Waals surface area (Å²) >= 11 is 1.11. The van der Waals surface area contributed by atoms with Crippen molar-refractivity contribution in [3.8, 4) is 5.40 Å². The van der Waals surface area contributed by atoms with Crippen molar-refractivity contribution in [3.05, 3.63) is 11.8 Å². The molecule has 6 heteroatoms. The molecule has 0 amide bonds. The minimum atomic E-state index is -0.0303. The molecule has 0 N–H and O–H groups in total. The fourth-order valence-electron chi connectivity index (χ4n) is 2.80. The van der Waals surface area contributed by atoms with Crippen LogP contribution in [0.2, 0.25) is 0 Å². The molecule has 128 valence electrons. The second kappa shape index (κ2) is 8.18. The zero-order valence-electron chi connectivity index (χ0n) is 14.5. The predicted octanol–water partition coefficient (Wildman–Crippen LogP) is 3.90. The molecule has 0 saturated carbocycles. The first-order valence-electron chi connectivity index (χ1n) is 8.32. The lowest BCUT2D eigenvalue weighted by Gasteiger charge is -2.26. The van der Waals surface area contributed by atoms with E-state index >= 15 is 0 Å². The van der Waals surface area contributed by atoms with Gasteiger partial charge in [0, 0.05) is 36.1 Å². The van der Waals surface area contributed by atoms with E-state index in [1.165, 1.54) is 0 Å². The van der Waals surface area contributed by atoms with Crippen LogP contribution in [0.3, 0.4) is 0 Å². The maximum absolute atomic E-state index is 8.93. The highest BCUT2D eigenvalue weighted by Crippen LogP contribution is 2.34. The summed E-state index contributed by atoms with van der Waals surface area (Å²) in [5.41, 5.74) is 1.11. The van der Waals surface area contributed by atoms with Gasteiger partial charge in [-0.15, -0.1) is 0 Å². The molecule has 23 heavy (non-hydrogen) atoms. The lowest BCUT2D eigenvalue weighted by Crippen LogP contribution is -2.30. The Hall–Kier alpha value is -1.03. The molecular formula is C17H27N3O2S. The normalized spacial score (nSPS) is 21.5. The molecule has 0 aliphatic carbocycles. The van der Waals surface area contributed by atoms with Crippen molar-refractivity contribution in [1.82, 2.24) is 9.78 Å². The van der Waals surface area contributed by atoms with Crippen LogP contribution >= 0.6 is 11.8 Å². The van der Waals surface area contributed by atoms with Gasteiger partial charge in [-0.1, -0.05) is 34.1 Å². The molecule has 1 aliphatic heterocycles. The van der Waals surface area contributed by atoms with Crippen LogP contribution in [0.4, 0.5) is 0 Å². The molecule has 5 nitrogen and oxygen atoms in total. The summed E-state index contributed by atoms with van der Waals surface area (Å²) in [7, 11) is 0. The lowest BCUT2D eigenvalue weighted by molar-refractivity contribution is 0.000801. The Morgan fingerprint density at radius 1 is 1.52 bits per heavy atom. The number of thiocyanates is 1. The number of nitrogens with zero attached hydrogens (tertiary/aromatic N) is 3. The van der Waals surface area contributed by atoms with Crippen molar-refractivity contribution in [2.45, 2.75) is 69.5 Å². The van der Waals surface area contributed by atoms with Gasteiger partial charge in [0.15, 0.2) is 0 Å². The van der Waals surface area contributed by atoms with Crippen LogP contribution in [0.15, 0.2) is 11.1 Å². The first-order valence-corrected chi connectivity index (χ1v) is 9.14. The van der Waals surface area contributed by atoms with Gasteiger partial charge in [-0.05, 0) is 18.9 Å². The molecule has 1 aromatic rings. The standard InChI is InChI=1S/C17H27N3O2S/c1-5-6-8-21-11-14-13(7-9-22-14)20-15(17(2,3)4)10-16(19-20)23-12-18/h10,13-14H,5-9,11H2,1-4H3/t13-,14+/m0/s1. The van der Waals surface area contributed by atoms with E-state index < -0.39 is 0 Å². The Kier molecular flexibility index (Phi) is 6.51. The van der Waals surface area contributed by atoms with Gasteiger partial charge >= 0.3 is 0 Å². The second-order valence-electron chi connectivity index (χ2n) is 6.95. The maximum atomic E-state index is 8.93. The summed E-state index contributed by atoms with van der Waals surface area (Å²) in [5, 5.41) is 16.5. The molecule has 0 unspecified atom stereocenters. The smallest absolute Gasteiger partial charge is 0.140 e. The van der Waals surface area contributed by atoms with E-state index in [9.17, 15) is 0 Å². The molecule has 0 spiro atoms. The number of unbranched alkanes of at least 4 members (excludes halogenated alkanes) is 1. The quantitative estimate of drug-likeness (QED) is 0.429. The van der Waals surface area contributed by atoms with E-state index in [1.807, 2.05) is 6.07 Å². The Balaban J connectivity index is 2.16. The van der Waals surface area contributed by atoms with Crippen LogP contribution in [0, 0.1) is 10.7 Å². The lowest BCUT2D eigenvalue weighted by atomic mass is 9.91. The summed E-state index contributed by atoms with van der Waals surface area (Å²) in [6, 6.07) is 2.21. The summed E-state index contributed by atoms with van der Waals surface area (Å²) in [5.74, 6) is 0. The summed E-state index contributed by atoms with van der Waals surface area (Å²) < 4.78 is 13.7. The van der Waals surface area contributed by atoms with Gasteiger partial charge in [-0.3, -0.25) is 4.68 Å². The molecule has 1 fully saturated rings. The van der Waals surface area contributed by atoms with Crippen molar-refractivity contribution in [2.24, 2.45) is 0 Å². The molecule has 1 aromatic heterocycles. The highest BCUT2D eigenvalue weighted by Gasteiger charge is 2.34. The van der Waals surface area contributed by atoms with Gasteiger partial charge < -0.3 is 9.47 Å². The number of hydrogen-bond acceptors (Lipinski definition) is 5. The van der Waals surface area contributed by atoms with E-state index in [2.05, 4.69) is 42.9 Å². The van der Waals surface area contributed by atoms with Gasteiger partial charge in [-0.2, -0.15) is 10.4 Å². The number of ether oxygens (including phenoxy) is 2. The van der Waals surface area contributed by atoms with Crippen LogP contribution in [0.1, 0.15) is 58.7 Å². The summed E-state index contributed by atoms with van der Waals surface area (Å²) in [6.07, 6.45) is 3.18. The Morgan fingerprint density at radius 3 is 2.96 bits per heavy atom. The molecular weight excluding hydrogens is 310 g/mol. The SMILES string of the molecule is CCCCOC[C@H]1OCC[C@@H]1n1nc(SC#N)cc1C(C)(C)C. The van der Waals surface area contributed by atoms with Crippen molar-refractivity contribution in [3.63, 3.8) is 0 Å². The Bertz CT molecular complexity index is 545. The molecule has 1 saturated heterocycles. The zero-order valence-corrected chi connectivity index (χ0v) is 15.4. The van der Waals surface area contributed by atoms with E-state index in [-0.39, 0.29) is 17.6 Å². The first-order chi connectivity index (χ1) is 11.0. The monoisotopic (exact) mass is 337 g/mol. The average molecular weight is 337 g/mol. The number of rotatable bonds is 7. The van der Waals surface area contributed by atoms with E-state index in [0.29, 0.717) is 6.61 Å². The molecule has 2 rings (SSSR count). The van der Waals surface area contributed by atoms with Crippen LogP contribution < -0.4 is 0 Å². The van der Waals surface area contributed by atoms with Crippen molar-refractivity contribution >= 4 is 11.8 Å². The van der Waals surface area contributed by atoms with Gasteiger partial charge in [0.1, 0.15) is 16.5 Å². The fraction of sp³-hybridized carbons (Fsp3) is 0.765. The number of thioether (sulfide) groups is 1. The van der Waals surface area contributed by atoms with Gasteiger partial charge in [-0.25, -0.2) is 0 Å².